The lowest BCUT2D eigenvalue weighted by Crippen LogP contribution is -2.00. The summed E-state index contributed by atoms with van der Waals surface area (Å²) in [5, 5.41) is 8.54. The molecule has 0 aliphatic carbocycles. The first-order valence-electron chi connectivity index (χ1n) is 3.69. The molecule has 13 heavy (non-hydrogen) atoms. The van der Waals surface area contributed by atoms with Crippen LogP contribution in [0.2, 0.25) is 0 Å². The molecule has 0 spiro atoms. The van der Waals surface area contributed by atoms with Crippen molar-refractivity contribution in [1.82, 2.24) is 0 Å². The van der Waals surface area contributed by atoms with E-state index < -0.39 is 5.97 Å². The fourth-order valence-electron chi connectivity index (χ4n) is 0.875. The predicted molar refractivity (Wildman–Crippen MR) is 48.1 cm³/mol. The number of rotatable bonds is 3. The zero-order valence-electron chi connectivity index (χ0n) is 6.81. The van der Waals surface area contributed by atoms with Crippen LogP contribution >= 0.6 is 0 Å². The van der Waals surface area contributed by atoms with E-state index in [0.29, 0.717) is 11.8 Å². The minimum absolute atomic E-state index is 0.244. The number of hydrogen-bond donors (Lipinski definition) is 1. The smallest absolute Gasteiger partial charge is 0.339 e. The third-order valence-electron chi connectivity index (χ3n) is 1.50. The molecule has 0 heterocycles. The van der Waals surface area contributed by atoms with Crippen LogP contribution in [0.15, 0.2) is 35.9 Å². The Balaban J connectivity index is 2.98. The molecule has 66 valence electrons. The Morgan fingerprint density at radius 3 is 2.31 bits per heavy atom. The Morgan fingerprint density at radius 2 is 1.85 bits per heavy atom. The van der Waals surface area contributed by atoms with Crippen molar-refractivity contribution in [2.75, 3.05) is 0 Å². The van der Waals surface area contributed by atoms with Gasteiger partial charge in [-0.05, 0) is 11.6 Å². The second-order valence-electron chi connectivity index (χ2n) is 2.43. The van der Waals surface area contributed by atoms with Gasteiger partial charge in [-0.25, -0.2) is 4.79 Å². The van der Waals surface area contributed by atoms with Crippen LogP contribution in [-0.2, 0) is 9.59 Å². The number of carbonyl (C=O) groups is 2. The van der Waals surface area contributed by atoms with Gasteiger partial charge in [0, 0.05) is 0 Å². The number of hydrogen-bond acceptors (Lipinski definition) is 2. The third-order valence-corrected chi connectivity index (χ3v) is 1.50. The molecule has 0 fully saturated rings. The highest BCUT2D eigenvalue weighted by Crippen LogP contribution is 2.04. The van der Waals surface area contributed by atoms with Crippen molar-refractivity contribution < 1.29 is 14.7 Å². The Labute approximate surface area is 75.3 Å². The fraction of sp³-hybridized carbons (Fsp3) is 0. The van der Waals surface area contributed by atoms with Crippen LogP contribution in [0.4, 0.5) is 0 Å². The minimum atomic E-state index is -1.21. The average molecular weight is 176 g/mol. The molecule has 1 rings (SSSR count). The molecule has 0 aliphatic heterocycles. The molecular formula is C10H8O3. The number of carbonyl (C=O) groups excluding carboxylic acids is 1. The Kier molecular flexibility index (Phi) is 2.97. The lowest BCUT2D eigenvalue weighted by Gasteiger charge is -1.92. The van der Waals surface area contributed by atoms with Crippen LogP contribution in [0.1, 0.15) is 5.56 Å². The molecule has 0 radical (unpaired) electrons. The van der Waals surface area contributed by atoms with E-state index in [1.54, 1.807) is 24.3 Å². The van der Waals surface area contributed by atoms with Gasteiger partial charge < -0.3 is 5.11 Å². The van der Waals surface area contributed by atoms with E-state index in [2.05, 4.69) is 0 Å². The normalized spacial score (nSPS) is 10.9. The summed E-state index contributed by atoms with van der Waals surface area (Å²) in [6, 6.07) is 8.82. The molecule has 0 amide bonds. The molecule has 1 aromatic carbocycles. The molecule has 0 atom stereocenters. The van der Waals surface area contributed by atoms with Crippen molar-refractivity contribution in [2.45, 2.75) is 0 Å². The van der Waals surface area contributed by atoms with Crippen LogP contribution in [0.3, 0.4) is 0 Å². The van der Waals surface area contributed by atoms with Gasteiger partial charge in [-0.1, -0.05) is 30.3 Å². The van der Waals surface area contributed by atoms with Crippen LogP contribution in [-0.4, -0.2) is 17.4 Å². The first-order valence-corrected chi connectivity index (χ1v) is 3.69. The van der Waals surface area contributed by atoms with Crippen molar-refractivity contribution >= 4 is 18.3 Å². The van der Waals surface area contributed by atoms with Crippen molar-refractivity contribution in [3.8, 4) is 0 Å². The van der Waals surface area contributed by atoms with Gasteiger partial charge >= 0.3 is 5.97 Å². The maximum Gasteiger partial charge on any atom is 0.339 e. The lowest BCUT2D eigenvalue weighted by molar-refractivity contribution is -0.133. The second-order valence-corrected chi connectivity index (χ2v) is 2.43. The summed E-state index contributed by atoms with van der Waals surface area (Å²) in [6.07, 6.45) is 1.66. The molecule has 0 aliphatic rings. The third kappa shape index (κ3) is 2.56. The van der Waals surface area contributed by atoms with Gasteiger partial charge in [0.1, 0.15) is 0 Å². The molecule has 3 nitrogen and oxygen atoms in total. The summed E-state index contributed by atoms with van der Waals surface area (Å²) in [6.45, 7) is 0. The molecule has 0 saturated carbocycles. The van der Waals surface area contributed by atoms with E-state index in [0.717, 1.165) is 0 Å². The zero-order chi connectivity index (χ0) is 9.68. The quantitative estimate of drug-likeness (QED) is 0.327. The van der Waals surface area contributed by atoms with Gasteiger partial charge in [0.2, 0.25) is 0 Å². The first-order chi connectivity index (χ1) is 6.24. The standard InChI is InChI=1S/C10H8O3/c11-7-9(10(12)13)6-8-4-2-1-3-5-8/h1-7H,(H,12,13). The van der Waals surface area contributed by atoms with E-state index in [1.807, 2.05) is 6.07 Å². The summed E-state index contributed by atoms with van der Waals surface area (Å²) in [7, 11) is 0. The van der Waals surface area contributed by atoms with Crippen LogP contribution in [0, 0.1) is 0 Å². The summed E-state index contributed by atoms with van der Waals surface area (Å²) in [5.74, 6) is -1.21. The van der Waals surface area contributed by atoms with E-state index in [9.17, 15) is 9.59 Å². The first kappa shape index (κ1) is 9.19. The topological polar surface area (TPSA) is 54.4 Å². The average Bonchev–Trinajstić information content (AvgIpc) is 2.15. The summed E-state index contributed by atoms with van der Waals surface area (Å²) >= 11 is 0. The van der Waals surface area contributed by atoms with Crippen molar-refractivity contribution in [1.29, 1.82) is 0 Å². The molecule has 1 N–H and O–H groups in total. The lowest BCUT2D eigenvalue weighted by atomic mass is 10.1. The highest BCUT2D eigenvalue weighted by Gasteiger charge is 2.04. The van der Waals surface area contributed by atoms with Gasteiger partial charge in [0.05, 0.1) is 5.57 Å². The van der Waals surface area contributed by atoms with Crippen molar-refractivity contribution in [2.24, 2.45) is 0 Å². The molecule has 0 bridgehead atoms. The SMILES string of the molecule is O=CC(=Cc1ccccc1)C(=O)O. The molecule has 0 unspecified atom stereocenters. The van der Waals surface area contributed by atoms with Gasteiger partial charge in [-0.3, -0.25) is 4.79 Å². The Morgan fingerprint density at radius 1 is 1.23 bits per heavy atom. The molecule has 1 aromatic rings. The van der Waals surface area contributed by atoms with Gasteiger partial charge in [0.15, 0.2) is 6.29 Å². The largest absolute Gasteiger partial charge is 0.478 e. The number of carboxylic acids is 1. The maximum absolute atomic E-state index is 10.4. The highest BCUT2D eigenvalue weighted by atomic mass is 16.4. The number of carboxylic acid groups (broad SMARTS) is 1. The van der Waals surface area contributed by atoms with Crippen LogP contribution in [0.5, 0.6) is 0 Å². The van der Waals surface area contributed by atoms with Crippen LogP contribution < -0.4 is 0 Å². The summed E-state index contributed by atoms with van der Waals surface area (Å²) in [4.78, 5) is 20.7. The number of aldehydes is 1. The van der Waals surface area contributed by atoms with Crippen LogP contribution in [0.25, 0.3) is 6.08 Å². The maximum atomic E-state index is 10.4. The molecule has 0 saturated heterocycles. The Hall–Kier alpha value is -1.90. The van der Waals surface area contributed by atoms with Gasteiger partial charge in [0.25, 0.3) is 0 Å². The van der Waals surface area contributed by atoms with Gasteiger partial charge in [-0.15, -0.1) is 0 Å². The molecule has 3 heteroatoms. The van der Waals surface area contributed by atoms with E-state index in [4.69, 9.17) is 5.11 Å². The fourth-order valence-corrected chi connectivity index (χ4v) is 0.875. The number of aliphatic carboxylic acids is 1. The molecular weight excluding hydrogens is 168 g/mol. The highest BCUT2D eigenvalue weighted by molar-refractivity contribution is 6.10. The molecule has 0 aromatic heterocycles. The summed E-state index contributed by atoms with van der Waals surface area (Å²) < 4.78 is 0. The summed E-state index contributed by atoms with van der Waals surface area (Å²) in [5.41, 5.74) is 0.457. The van der Waals surface area contributed by atoms with E-state index in [1.165, 1.54) is 6.08 Å². The van der Waals surface area contributed by atoms with Crippen molar-refractivity contribution in [3.63, 3.8) is 0 Å². The van der Waals surface area contributed by atoms with Crippen molar-refractivity contribution in [3.05, 3.63) is 41.5 Å². The predicted octanol–water partition coefficient (Wildman–Crippen LogP) is 1.35. The van der Waals surface area contributed by atoms with E-state index >= 15 is 0 Å². The van der Waals surface area contributed by atoms with Gasteiger partial charge in [-0.2, -0.15) is 0 Å². The minimum Gasteiger partial charge on any atom is -0.478 e. The second kappa shape index (κ2) is 4.21. The number of benzene rings is 1. The Bertz CT molecular complexity index is 338. The van der Waals surface area contributed by atoms with E-state index in [-0.39, 0.29) is 5.57 Å². The monoisotopic (exact) mass is 176 g/mol. The zero-order valence-corrected chi connectivity index (χ0v) is 6.81.